The fourth-order valence-corrected chi connectivity index (χ4v) is 3.86. The predicted octanol–water partition coefficient (Wildman–Crippen LogP) is 3.05. The van der Waals surface area contributed by atoms with Crippen LogP contribution in [-0.4, -0.2) is 33.0 Å². The first kappa shape index (κ1) is 19.5. The van der Waals surface area contributed by atoms with Gasteiger partial charge in [-0.3, -0.25) is 4.79 Å². The molecule has 0 radical (unpaired) electrons. The van der Waals surface area contributed by atoms with Crippen molar-refractivity contribution in [3.63, 3.8) is 0 Å². The molecule has 4 rings (SSSR count). The van der Waals surface area contributed by atoms with Gasteiger partial charge in [0.2, 0.25) is 11.9 Å². The van der Waals surface area contributed by atoms with E-state index in [9.17, 15) is 19.1 Å². The highest BCUT2D eigenvalue weighted by molar-refractivity contribution is 6.05. The standard InChI is InChI=1S/C22H19FN4O3/c23-16-10-13-6-7-14(11-15(13)18(20(24)28)19(16)21(29)30)26-22-25-9-8-17(27-22)12-4-2-1-3-5-12/h1-5,8-10,14H,6-7,11H2,(H2,24,28)(H,29,30)(H,25,26,27). The number of carboxylic acids is 1. The van der Waals surface area contributed by atoms with Crippen molar-refractivity contribution in [2.45, 2.75) is 25.3 Å². The summed E-state index contributed by atoms with van der Waals surface area (Å²) < 4.78 is 14.3. The van der Waals surface area contributed by atoms with Crippen LogP contribution in [0.3, 0.4) is 0 Å². The van der Waals surface area contributed by atoms with E-state index >= 15 is 0 Å². The average Bonchev–Trinajstić information content (AvgIpc) is 2.73. The van der Waals surface area contributed by atoms with Crippen LogP contribution in [0.15, 0.2) is 48.7 Å². The first-order chi connectivity index (χ1) is 14.4. The number of aromatic carboxylic acids is 1. The molecule has 1 unspecified atom stereocenters. The molecule has 1 aliphatic carbocycles. The van der Waals surface area contributed by atoms with E-state index in [0.717, 1.165) is 11.3 Å². The summed E-state index contributed by atoms with van der Waals surface area (Å²) in [6, 6.07) is 12.5. The number of carbonyl (C=O) groups is 2. The van der Waals surface area contributed by atoms with Gasteiger partial charge in [-0.2, -0.15) is 0 Å². The summed E-state index contributed by atoms with van der Waals surface area (Å²) in [6.07, 6.45) is 3.09. The molecule has 0 fully saturated rings. The molecule has 0 saturated heterocycles. The zero-order valence-electron chi connectivity index (χ0n) is 15.9. The lowest BCUT2D eigenvalue weighted by molar-refractivity contribution is 0.0686. The molecule has 0 aliphatic heterocycles. The van der Waals surface area contributed by atoms with Gasteiger partial charge in [0.15, 0.2) is 0 Å². The second kappa shape index (κ2) is 7.90. The van der Waals surface area contributed by atoms with Gasteiger partial charge in [-0.1, -0.05) is 30.3 Å². The molecule has 1 aliphatic rings. The van der Waals surface area contributed by atoms with Crippen molar-refractivity contribution >= 4 is 17.8 Å². The summed E-state index contributed by atoms with van der Waals surface area (Å²) in [6.45, 7) is 0. The van der Waals surface area contributed by atoms with Gasteiger partial charge in [0.05, 0.1) is 11.3 Å². The van der Waals surface area contributed by atoms with Crippen molar-refractivity contribution in [1.29, 1.82) is 0 Å². The summed E-state index contributed by atoms with van der Waals surface area (Å²) in [4.78, 5) is 32.3. The van der Waals surface area contributed by atoms with E-state index in [1.54, 1.807) is 6.20 Å². The van der Waals surface area contributed by atoms with Crippen molar-refractivity contribution in [1.82, 2.24) is 9.97 Å². The largest absolute Gasteiger partial charge is 0.478 e. The second-order valence-electron chi connectivity index (χ2n) is 7.13. The van der Waals surface area contributed by atoms with Crippen LogP contribution in [-0.2, 0) is 12.8 Å². The van der Waals surface area contributed by atoms with Crippen LogP contribution in [0.25, 0.3) is 11.3 Å². The molecule has 30 heavy (non-hydrogen) atoms. The predicted molar refractivity (Wildman–Crippen MR) is 109 cm³/mol. The van der Waals surface area contributed by atoms with Crippen LogP contribution in [0.2, 0.25) is 0 Å². The van der Waals surface area contributed by atoms with Gasteiger partial charge in [-0.25, -0.2) is 19.2 Å². The first-order valence-electron chi connectivity index (χ1n) is 9.46. The van der Waals surface area contributed by atoms with Gasteiger partial charge < -0.3 is 16.2 Å². The second-order valence-corrected chi connectivity index (χ2v) is 7.13. The summed E-state index contributed by atoms with van der Waals surface area (Å²) in [7, 11) is 0. The highest BCUT2D eigenvalue weighted by Gasteiger charge is 2.30. The van der Waals surface area contributed by atoms with E-state index in [1.807, 2.05) is 36.4 Å². The maximum absolute atomic E-state index is 14.3. The highest BCUT2D eigenvalue weighted by atomic mass is 19.1. The van der Waals surface area contributed by atoms with Crippen molar-refractivity contribution in [3.8, 4) is 11.3 Å². The van der Waals surface area contributed by atoms with Gasteiger partial charge in [0.25, 0.3) is 0 Å². The maximum Gasteiger partial charge on any atom is 0.339 e. The number of hydrogen-bond donors (Lipinski definition) is 3. The number of anilines is 1. The van der Waals surface area contributed by atoms with Gasteiger partial charge in [0, 0.05) is 17.8 Å². The number of nitrogens with one attached hydrogen (secondary N) is 1. The van der Waals surface area contributed by atoms with Gasteiger partial charge in [0.1, 0.15) is 11.4 Å². The molecule has 1 heterocycles. The number of aromatic nitrogens is 2. The molecule has 0 bridgehead atoms. The summed E-state index contributed by atoms with van der Waals surface area (Å²) in [5, 5.41) is 12.6. The number of carbonyl (C=O) groups excluding carboxylic acids is 1. The molecular formula is C22H19FN4O3. The van der Waals surface area contributed by atoms with Gasteiger partial charge in [-0.05, 0) is 42.5 Å². The number of aryl methyl sites for hydroxylation is 1. The lowest BCUT2D eigenvalue weighted by Gasteiger charge is -2.27. The van der Waals surface area contributed by atoms with Crippen LogP contribution in [0.5, 0.6) is 0 Å². The highest BCUT2D eigenvalue weighted by Crippen LogP contribution is 2.30. The normalized spacial score (nSPS) is 15.3. The zero-order chi connectivity index (χ0) is 21.3. The Morgan fingerprint density at radius 3 is 2.63 bits per heavy atom. The lowest BCUT2D eigenvalue weighted by atomic mass is 9.83. The monoisotopic (exact) mass is 406 g/mol. The molecule has 152 valence electrons. The van der Waals surface area contributed by atoms with Crippen molar-refractivity contribution < 1.29 is 19.1 Å². The van der Waals surface area contributed by atoms with Gasteiger partial charge >= 0.3 is 5.97 Å². The van der Waals surface area contributed by atoms with E-state index in [1.165, 1.54) is 6.07 Å². The topological polar surface area (TPSA) is 118 Å². The van der Waals surface area contributed by atoms with E-state index in [-0.39, 0.29) is 11.6 Å². The molecule has 1 amide bonds. The average molecular weight is 406 g/mol. The third kappa shape index (κ3) is 3.71. The Bertz CT molecular complexity index is 1130. The molecule has 0 saturated carbocycles. The summed E-state index contributed by atoms with van der Waals surface area (Å²) in [5.41, 5.74) is 7.25. The minimum absolute atomic E-state index is 0.159. The number of benzene rings is 2. The van der Waals surface area contributed by atoms with E-state index in [2.05, 4.69) is 15.3 Å². The molecule has 0 spiro atoms. The maximum atomic E-state index is 14.3. The number of primary amides is 1. The van der Waals surface area contributed by atoms with Crippen molar-refractivity contribution in [2.24, 2.45) is 5.73 Å². The van der Waals surface area contributed by atoms with Crippen LogP contribution in [0.4, 0.5) is 10.3 Å². The summed E-state index contributed by atoms with van der Waals surface area (Å²) >= 11 is 0. The van der Waals surface area contributed by atoms with Crippen LogP contribution >= 0.6 is 0 Å². The minimum atomic E-state index is -1.52. The minimum Gasteiger partial charge on any atom is -0.478 e. The quantitative estimate of drug-likeness (QED) is 0.599. The van der Waals surface area contributed by atoms with E-state index < -0.39 is 23.3 Å². The Morgan fingerprint density at radius 1 is 1.17 bits per heavy atom. The van der Waals surface area contributed by atoms with Crippen LogP contribution in [0, 0.1) is 5.82 Å². The Balaban J connectivity index is 1.63. The molecule has 4 N–H and O–H groups in total. The molecule has 1 aromatic heterocycles. The molecule has 3 aromatic rings. The van der Waals surface area contributed by atoms with Crippen LogP contribution in [0.1, 0.15) is 38.3 Å². The molecule has 7 nitrogen and oxygen atoms in total. The third-order valence-electron chi connectivity index (χ3n) is 5.21. The number of amides is 1. The van der Waals surface area contributed by atoms with Crippen molar-refractivity contribution in [3.05, 3.63) is 76.7 Å². The Labute approximate surface area is 171 Å². The van der Waals surface area contributed by atoms with Gasteiger partial charge in [-0.15, -0.1) is 0 Å². The number of rotatable bonds is 5. The number of halogens is 1. The molecule has 1 atom stereocenters. The van der Waals surface area contributed by atoms with E-state index in [0.29, 0.717) is 36.3 Å². The van der Waals surface area contributed by atoms with Crippen molar-refractivity contribution in [2.75, 3.05) is 5.32 Å². The zero-order valence-corrected chi connectivity index (χ0v) is 15.9. The Morgan fingerprint density at radius 2 is 1.93 bits per heavy atom. The number of nitrogens with two attached hydrogens (primary N) is 1. The first-order valence-corrected chi connectivity index (χ1v) is 9.46. The number of fused-ring (bicyclic) bond motifs is 1. The smallest absolute Gasteiger partial charge is 0.339 e. The SMILES string of the molecule is NC(=O)c1c2c(cc(F)c1C(=O)O)CCC(Nc1nccc(-c3ccccc3)n1)C2. The third-order valence-corrected chi connectivity index (χ3v) is 5.21. The van der Waals surface area contributed by atoms with Crippen LogP contribution < -0.4 is 11.1 Å². The fourth-order valence-electron chi connectivity index (χ4n) is 3.86. The number of carboxylic acid groups (broad SMARTS) is 1. The molecule has 2 aromatic carbocycles. The lowest BCUT2D eigenvalue weighted by Crippen LogP contribution is -2.32. The Kier molecular flexibility index (Phi) is 5.14. The van der Waals surface area contributed by atoms with E-state index in [4.69, 9.17) is 5.73 Å². The number of nitrogens with zero attached hydrogens (tertiary/aromatic N) is 2. The summed E-state index contributed by atoms with van der Waals surface area (Å²) in [5.74, 6) is -2.99. The Hall–Kier alpha value is -3.81. The fraction of sp³-hybridized carbons (Fsp3) is 0.182. The number of hydrogen-bond acceptors (Lipinski definition) is 5. The molecular weight excluding hydrogens is 387 g/mol. The molecule has 8 heteroatoms.